The standard InChI is InChI=1S/C12H18BNO4S/c1-10-3-2-8-14(9-10)19(17,18)12-6-4-11(5-7-12)13(15)16/h4-7,10,15-16H,2-3,8-9H2,1H3/t10-/m1/s1. The van der Waals surface area contributed by atoms with Crippen molar-refractivity contribution in [3.05, 3.63) is 24.3 Å². The molecule has 104 valence electrons. The summed E-state index contributed by atoms with van der Waals surface area (Å²) in [4.78, 5) is 0.200. The molecule has 0 amide bonds. The summed E-state index contributed by atoms with van der Waals surface area (Å²) in [6.45, 7) is 3.15. The molecule has 7 heteroatoms. The minimum Gasteiger partial charge on any atom is -0.423 e. The molecule has 0 aliphatic carbocycles. The maximum Gasteiger partial charge on any atom is 0.488 e. The van der Waals surface area contributed by atoms with E-state index >= 15 is 0 Å². The summed E-state index contributed by atoms with van der Waals surface area (Å²) >= 11 is 0. The van der Waals surface area contributed by atoms with Crippen molar-refractivity contribution in [1.29, 1.82) is 0 Å². The highest BCUT2D eigenvalue weighted by atomic mass is 32.2. The summed E-state index contributed by atoms with van der Waals surface area (Å²) in [5.41, 5.74) is 0.283. The van der Waals surface area contributed by atoms with Crippen molar-refractivity contribution in [3.8, 4) is 0 Å². The van der Waals surface area contributed by atoms with E-state index in [1.165, 1.54) is 28.6 Å². The molecule has 5 nitrogen and oxygen atoms in total. The predicted molar refractivity (Wildman–Crippen MR) is 73.4 cm³/mol. The van der Waals surface area contributed by atoms with Crippen molar-refractivity contribution in [2.75, 3.05) is 13.1 Å². The van der Waals surface area contributed by atoms with E-state index in [1.807, 2.05) is 6.92 Å². The zero-order valence-electron chi connectivity index (χ0n) is 10.9. The van der Waals surface area contributed by atoms with Crippen LogP contribution in [0.5, 0.6) is 0 Å². The second-order valence-corrected chi connectivity index (χ2v) is 6.99. The highest BCUT2D eigenvalue weighted by molar-refractivity contribution is 7.89. The quantitative estimate of drug-likeness (QED) is 0.752. The lowest BCUT2D eigenvalue weighted by atomic mass is 9.81. The van der Waals surface area contributed by atoms with Crippen LogP contribution in [0.3, 0.4) is 0 Å². The van der Waals surface area contributed by atoms with Crippen molar-refractivity contribution < 1.29 is 18.5 Å². The molecule has 2 rings (SSSR count). The van der Waals surface area contributed by atoms with Crippen LogP contribution in [0.2, 0.25) is 0 Å². The fraction of sp³-hybridized carbons (Fsp3) is 0.500. The van der Waals surface area contributed by atoms with Crippen molar-refractivity contribution in [1.82, 2.24) is 4.31 Å². The van der Waals surface area contributed by atoms with E-state index < -0.39 is 17.1 Å². The number of hydrogen-bond donors (Lipinski definition) is 2. The number of piperidine rings is 1. The van der Waals surface area contributed by atoms with Gasteiger partial charge in [-0.1, -0.05) is 19.1 Å². The fourth-order valence-corrected chi connectivity index (χ4v) is 3.92. The summed E-state index contributed by atoms with van der Waals surface area (Å²) in [6, 6.07) is 5.68. The minimum absolute atomic E-state index is 0.200. The lowest BCUT2D eigenvalue weighted by molar-refractivity contribution is 0.281. The largest absolute Gasteiger partial charge is 0.488 e. The molecule has 1 aromatic carbocycles. The highest BCUT2D eigenvalue weighted by Crippen LogP contribution is 2.22. The summed E-state index contributed by atoms with van der Waals surface area (Å²) in [6.07, 6.45) is 1.94. The fourth-order valence-electron chi connectivity index (χ4n) is 2.33. The van der Waals surface area contributed by atoms with Crippen LogP contribution in [0.25, 0.3) is 0 Å². The normalized spacial score (nSPS) is 21.3. The Morgan fingerprint density at radius 1 is 1.26 bits per heavy atom. The van der Waals surface area contributed by atoms with Crippen LogP contribution in [0.1, 0.15) is 19.8 Å². The lowest BCUT2D eigenvalue weighted by Gasteiger charge is -2.30. The molecule has 1 aliphatic heterocycles. The van der Waals surface area contributed by atoms with Crippen LogP contribution in [0.15, 0.2) is 29.2 Å². The van der Waals surface area contributed by atoms with E-state index in [0.29, 0.717) is 19.0 Å². The van der Waals surface area contributed by atoms with Gasteiger partial charge in [0.15, 0.2) is 0 Å². The molecule has 1 aliphatic rings. The van der Waals surface area contributed by atoms with Crippen LogP contribution in [-0.2, 0) is 10.0 Å². The Morgan fingerprint density at radius 2 is 1.89 bits per heavy atom. The molecule has 0 saturated carbocycles. The summed E-state index contributed by atoms with van der Waals surface area (Å²) in [5.74, 6) is 0.377. The zero-order chi connectivity index (χ0) is 14.0. The van der Waals surface area contributed by atoms with Crippen LogP contribution >= 0.6 is 0 Å². The van der Waals surface area contributed by atoms with Crippen LogP contribution in [0, 0.1) is 5.92 Å². The van der Waals surface area contributed by atoms with Gasteiger partial charge in [-0.3, -0.25) is 0 Å². The zero-order valence-corrected chi connectivity index (χ0v) is 11.7. The maximum absolute atomic E-state index is 12.4. The third-order valence-electron chi connectivity index (χ3n) is 3.44. The van der Waals surface area contributed by atoms with E-state index in [1.54, 1.807) is 0 Å². The highest BCUT2D eigenvalue weighted by Gasteiger charge is 2.28. The van der Waals surface area contributed by atoms with Crippen molar-refractivity contribution in [2.45, 2.75) is 24.7 Å². The minimum atomic E-state index is -3.47. The Kier molecular flexibility index (Phi) is 4.30. The first-order chi connectivity index (χ1) is 8.91. The van der Waals surface area contributed by atoms with Crippen LogP contribution in [0.4, 0.5) is 0 Å². The van der Waals surface area contributed by atoms with E-state index in [9.17, 15) is 8.42 Å². The smallest absolute Gasteiger partial charge is 0.423 e. The van der Waals surface area contributed by atoms with E-state index in [0.717, 1.165) is 12.8 Å². The van der Waals surface area contributed by atoms with E-state index in [4.69, 9.17) is 10.0 Å². The third kappa shape index (κ3) is 3.17. The van der Waals surface area contributed by atoms with Gasteiger partial charge in [0.1, 0.15) is 0 Å². The van der Waals surface area contributed by atoms with Gasteiger partial charge in [-0.25, -0.2) is 8.42 Å². The van der Waals surface area contributed by atoms with Crippen molar-refractivity contribution in [3.63, 3.8) is 0 Å². The average molecular weight is 283 g/mol. The predicted octanol–water partition coefficient (Wildman–Crippen LogP) is -0.213. The number of sulfonamides is 1. The average Bonchev–Trinajstić information content (AvgIpc) is 2.39. The van der Waals surface area contributed by atoms with E-state index in [2.05, 4.69) is 0 Å². The Labute approximate surface area is 114 Å². The third-order valence-corrected chi connectivity index (χ3v) is 5.32. The second-order valence-electron chi connectivity index (χ2n) is 5.05. The lowest BCUT2D eigenvalue weighted by Crippen LogP contribution is -2.39. The Hall–Kier alpha value is -0.885. The van der Waals surface area contributed by atoms with Gasteiger partial charge in [0.25, 0.3) is 0 Å². The first-order valence-electron chi connectivity index (χ1n) is 6.37. The topological polar surface area (TPSA) is 77.8 Å². The van der Waals surface area contributed by atoms with Gasteiger partial charge in [-0.05, 0) is 36.4 Å². The number of hydrogen-bond acceptors (Lipinski definition) is 4. The molecule has 0 aromatic heterocycles. The summed E-state index contributed by atoms with van der Waals surface area (Å²) in [5, 5.41) is 18.0. The van der Waals surface area contributed by atoms with Gasteiger partial charge < -0.3 is 10.0 Å². The van der Waals surface area contributed by atoms with E-state index in [-0.39, 0.29) is 10.4 Å². The van der Waals surface area contributed by atoms with Crippen LogP contribution < -0.4 is 5.46 Å². The first kappa shape index (κ1) is 14.5. The Morgan fingerprint density at radius 3 is 2.42 bits per heavy atom. The van der Waals surface area contributed by atoms with Gasteiger partial charge in [0.05, 0.1) is 4.90 Å². The summed E-state index contributed by atoms with van der Waals surface area (Å²) in [7, 11) is -5.04. The molecule has 1 heterocycles. The molecule has 19 heavy (non-hydrogen) atoms. The van der Waals surface area contributed by atoms with Gasteiger partial charge in [0.2, 0.25) is 10.0 Å². The molecule has 1 fully saturated rings. The monoisotopic (exact) mass is 283 g/mol. The molecule has 1 saturated heterocycles. The number of rotatable bonds is 3. The van der Waals surface area contributed by atoms with Gasteiger partial charge in [-0.15, -0.1) is 0 Å². The second kappa shape index (κ2) is 5.62. The maximum atomic E-state index is 12.4. The van der Waals surface area contributed by atoms with Gasteiger partial charge in [0, 0.05) is 13.1 Å². The van der Waals surface area contributed by atoms with Gasteiger partial charge in [-0.2, -0.15) is 4.31 Å². The molecule has 0 unspecified atom stereocenters. The molecule has 0 radical (unpaired) electrons. The first-order valence-corrected chi connectivity index (χ1v) is 7.81. The summed E-state index contributed by atoms with van der Waals surface area (Å²) < 4.78 is 26.3. The van der Waals surface area contributed by atoms with Crippen LogP contribution in [-0.4, -0.2) is 43.0 Å². The molecule has 0 bridgehead atoms. The molecule has 0 spiro atoms. The molecular formula is C12H18BNO4S. The van der Waals surface area contributed by atoms with Crippen molar-refractivity contribution >= 4 is 22.6 Å². The Balaban J connectivity index is 2.23. The van der Waals surface area contributed by atoms with Crippen molar-refractivity contribution in [2.24, 2.45) is 5.92 Å². The number of benzene rings is 1. The SMILES string of the molecule is C[C@@H]1CCCN(S(=O)(=O)c2ccc(B(O)O)cc2)C1. The Bertz CT molecular complexity index is 529. The number of nitrogens with zero attached hydrogens (tertiary/aromatic N) is 1. The van der Waals surface area contributed by atoms with Gasteiger partial charge >= 0.3 is 7.12 Å². The molecular weight excluding hydrogens is 265 g/mol. The molecule has 1 aromatic rings. The molecule has 1 atom stereocenters. The molecule has 2 N–H and O–H groups in total.